The van der Waals surface area contributed by atoms with Gasteiger partial charge in [-0.2, -0.15) is 14.4 Å². The zero-order valence-corrected chi connectivity index (χ0v) is 70.7. The fourth-order valence-corrected chi connectivity index (χ4v) is 15.6. The largest absolute Gasteiger partial charge is 0.457 e. The molecule has 6 fully saturated rings. The highest BCUT2D eigenvalue weighted by atomic mass is 19.1. The van der Waals surface area contributed by atoms with E-state index in [0.29, 0.717) is 31.9 Å². The lowest BCUT2D eigenvalue weighted by Gasteiger charge is -2.32. The van der Waals surface area contributed by atoms with Crippen LogP contribution in [0, 0.1) is 40.8 Å². The summed E-state index contributed by atoms with van der Waals surface area (Å²) < 4.78 is 75.0. The van der Waals surface area contributed by atoms with Crippen molar-refractivity contribution in [1.29, 1.82) is 0 Å². The lowest BCUT2D eigenvalue weighted by atomic mass is 9.78. The quantitative estimate of drug-likeness (QED) is 0.00900. The van der Waals surface area contributed by atoms with E-state index in [1.54, 1.807) is 0 Å². The van der Waals surface area contributed by atoms with Crippen LogP contribution in [0.1, 0.15) is 125 Å². The molecule has 0 unspecified atom stereocenters. The van der Waals surface area contributed by atoms with Gasteiger partial charge in [-0.05, 0) is 42.8 Å². The summed E-state index contributed by atoms with van der Waals surface area (Å²) in [5.74, 6) is -5.25. The Hall–Kier alpha value is -12.6. The van der Waals surface area contributed by atoms with Gasteiger partial charge in [0, 0.05) is 129 Å². The van der Waals surface area contributed by atoms with Crippen LogP contribution in [0.2, 0.25) is 0 Å². The number of hydrogen-bond acceptors (Lipinski definition) is 39. The van der Waals surface area contributed by atoms with Crippen molar-refractivity contribution in [3.05, 3.63) is 192 Å². The number of ether oxygens (including phenoxy) is 10. The Morgan fingerprint density at radius 2 is 0.860 bits per heavy atom. The first-order valence-corrected chi connectivity index (χ1v) is 40.0. The van der Waals surface area contributed by atoms with E-state index in [9.17, 15) is 112 Å². The van der Waals surface area contributed by atoms with Crippen LogP contribution in [0.5, 0.6) is 0 Å². The lowest BCUT2D eigenvalue weighted by Crippen LogP contribution is -2.43. The maximum Gasteiger partial charge on any atom is 0.351 e. The maximum atomic E-state index is 13.4. The van der Waals surface area contributed by atoms with Crippen LogP contribution in [-0.2, 0) is 66.5 Å². The number of hydrogen-bond donors (Lipinski definition) is 15. The third-order valence-electron chi connectivity index (χ3n) is 22.1. The molecule has 55 heteroatoms. The second-order valence-corrected chi connectivity index (χ2v) is 29.9. The molecule has 13 rings (SSSR count). The zero-order valence-electron chi connectivity index (χ0n) is 70.7. The number of anilines is 2. The molecule has 0 aromatic carbocycles. The fourth-order valence-electron chi connectivity index (χ4n) is 15.6. The molecule has 0 amide bonds. The van der Waals surface area contributed by atoms with Gasteiger partial charge in [0.1, 0.15) is 18.0 Å². The number of fused-ring (bicyclic) bond motifs is 1. The number of aliphatic hydroxyl groups is 8. The summed E-state index contributed by atoms with van der Waals surface area (Å²) in [6, 6.07) is 4.95. The number of carbonyl (C=O) groups excluding carboxylic acids is 4. The van der Waals surface area contributed by atoms with E-state index in [0.717, 1.165) is 19.8 Å². The SMILES string of the molecule is CC[C@H]1[C@@H](OC(C)=O)[C@H](n2cc(F)c(=O)[nH]c2=O)O[C@@H]1CO.CC[C@H]1[C@@H](OC(C)=O)[C@H](n2ccc(=O)[nH]c2=O)O[C@@H]1CO.CC[C@H]1[C@@H](OC(C)=O)[C@H](n2ccc(N)nc2=O)O[C@@H]1CO.CC[C@]1(C)[C@@H](CO)O[C@@H](n2ccc(=O)[nH]c2=O)[C@@H]1OC(C)=O.[N-]=[N+]=NC[C@H]1[C@@H](O)[C@H](n2ccc(=O)[nH]c2=O)O[C@@H]1CO.[N-]=[N+]=NC[C@H]1[C@@H](O)[C@H](n2cnc3c(=O)[nH]c(N)nc32)O[C@@H]1CO. The van der Waals surface area contributed by atoms with Gasteiger partial charge in [0.05, 0.1) is 88.8 Å². The molecule has 706 valence electrons. The average molecular weight is 1830 g/mol. The van der Waals surface area contributed by atoms with Crippen molar-refractivity contribution in [2.75, 3.05) is 64.2 Å². The number of nitrogens with zero attached hydrogens (tertiary/aromatic N) is 15. The molecule has 0 saturated carbocycles. The Labute approximate surface area is 723 Å². The number of aliphatic hydroxyl groups excluding tert-OH is 8. The third kappa shape index (κ3) is 23.9. The molecule has 0 radical (unpaired) electrons. The van der Waals surface area contributed by atoms with Gasteiger partial charge in [0.25, 0.3) is 27.8 Å². The van der Waals surface area contributed by atoms with Crippen LogP contribution >= 0.6 is 0 Å². The molecule has 24 atom stereocenters. The molecule has 7 aromatic rings. The number of nitrogens with one attached hydrogen (secondary N) is 5. The zero-order chi connectivity index (χ0) is 95.3. The first-order valence-electron chi connectivity index (χ1n) is 40.0. The number of rotatable bonds is 24. The molecular weight excluding hydrogens is 1730 g/mol. The van der Waals surface area contributed by atoms with Crippen molar-refractivity contribution in [2.45, 2.75) is 199 Å². The maximum absolute atomic E-state index is 13.4. The van der Waals surface area contributed by atoms with Crippen LogP contribution in [-0.4, -0.2) is 258 Å². The van der Waals surface area contributed by atoms with Crippen LogP contribution < -0.4 is 67.7 Å². The number of imidazole rings is 1. The lowest BCUT2D eigenvalue weighted by molar-refractivity contribution is -0.157. The van der Waals surface area contributed by atoms with E-state index in [1.165, 1.54) is 90.7 Å². The monoisotopic (exact) mass is 1830 g/mol. The predicted molar refractivity (Wildman–Crippen MR) is 436 cm³/mol. The summed E-state index contributed by atoms with van der Waals surface area (Å²) in [7, 11) is 0. The number of H-pyrrole nitrogens is 5. The number of nitrogens with two attached hydrogens (primary N) is 2. The number of azide groups is 2. The summed E-state index contributed by atoms with van der Waals surface area (Å²) >= 11 is 0. The van der Waals surface area contributed by atoms with Crippen molar-refractivity contribution < 1.29 is 112 Å². The molecule has 6 aliphatic rings. The minimum absolute atomic E-state index is 0.0395. The number of carbonyl (C=O) groups is 4. The molecule has 0 bridgehead atoms. The standard InChI is InChI=1S/C14H20N2O6.C13H17FN2O6.C13H19N3O5.C13H18N2O6.C11H14N8O4.C10H13N5O5/c1-4-14(3)9(7-17)22-12(11(14)21-8(2)18)16-6-5-10(19)15-13(16)20;1-3-7-9(5-17)22-12(10(7)21-6(2)18)16-4-8(14)11(19)15-13(16)20;1-3-8-9(6-17)21-12(11(8)20-7(2)18)16-5-4-10(14)15-13(16)19;1-3-8-9(6-16)21-12(11(8)20-7(2)17)15-5-4-10(18)14-13(15)19;12-11-16-8-6(9(22)17-11)14-3-19(8)10-7(21)4(1-15-18-13)5(2-20)23-10;11-14-12-3-5-6(4-16)20-9(8(5)18)15-2-1-7(17)13-10(15)19/h5-6,9,11-12,17H,4,7H2,1-3H3,(H,15,19,20);4,7,9-10,12,17H,3,5H2,1-2H3,(H,15,19,20);4-5,8-9,11-12,17H,3,6H2,1-2H3,(H2,14,15,19);4-5,8-9,11-12,16H,3,6H2,1-2H3,(H,14,18,19);3-5,7,10,20-21H,1-2H2,(H3,12,16,17,22);1-2,5-6,8-9,16,18H,3-4H2,(H,13,17,19)/t9-,11+,12-,14-;7-,9-,10-,12-;2*8-,9-,11-,12-;4-,5-,7-,10-;5-,6-,8-,9-/m111111/s1. The van der Waals surface area contributed by atoms with Gasteiger partial charge in [-0.15, -0.1) is 0 Å². The van der Waals surface area contributed by atoms with Gasteiger partial charge in [-0.1, -0.05) is 44.8 Å². The van der Waals surface area contributed by atoms with E-state index in [4.69, 9.17) is 69.9 Å². The highest BCUT2D eigenvalue weighted by Crippen LogP contribution is 2.48. The highest BCUT2D eigenvalue weighted by molar-refractivity contribution is 5.71. The average Bonchev–Trinajstić information content (AvgIpc) is 1.60. The van der Waals surface area contributed by atoms with E-state index in [2.05, 4.69) is 50.0 Å². The van der Waals surface area contributed by atoms with Crippen LogP contribution in [0.15, 0.2) is 120 Å². The number of halogens is 1. The Balaban J connectivity index is 0.000000191. The molecule has 0 spiro atoms. The molecule has 17 N–H and O–H groups in total. The molecule has 13 heterocycles. The Morgan fingerprint density at radius 1 is 0.488 bits per heavy atom. The smallest absolute Gasteiger partial charge is 0.351 e. The highest BCUT2D eigenvalue weighted by Gasteiger charge is 2.56. The topological polar surface area (TPSA) is 790 Å². The molecule has 6 saturated heterocycles. The number of aromatic nitrogens is 14. The first-order chi connectivity index (χ1) is 61.3. The minimum Gasteiger partial charge on any atom is -0.457 e. The summed E-state index contributed by atoms with van der Waals surface area (Å²) in [6.45, 7) is 12.4. The molecule has 129 heavy (non-hydrogen) atoms. The van der Waals surface area contributed by atoms with Gasteiger partial charge in [0.15, 0.2) is 72.9 Å². The van der Waals surface area contributed by atoms with Gasteiger partial charge in [0.2, 0.25) is 11.8 Å². The molecule has 7 aromatic heterocycles. The van der Waals surface area contributed by atoms with Crippen molar-refractivity contribution in [2.24, 2.45) is 45.2 Å². The van der Waals surface area contributed by atoms with E-state index in [1.807, 2.05) is 44.6 Å². The number of nitrogen functional groups attached to an aromatic ring is 2. The van der Waals surface area contributed by atoms with Crippen molar-refractivity contribution in [1.82, 2.24) is 67.3 Å². The molecular formula is C74H101FN22O32. The summed E-state index contributed by atoms with van der Waals surface area (Å²) in [5.41, 5.74) is 20.5. The van der Waals surface area contributed by atoms with Crippen molar-refractivity contribution >= 4 is 46.8 Å². The predicted octanol–water partition coefficient (Wildman–Crippen LogP) is -4.05. The molecule has 0 aliphatic carbocycles. The van der Waals surface area contributed by atoms with Crippen LogP contribution in [0.4, 0.5) is 16.2 Å². The Morgan fingerprint density at radius 3 is 1.24 bits per heavy atom. The number of esters is 4. The molecule has 54 nitrogen and oxygen atoms in total. The van der Waals surface area contributed by atoms with Crippen LogP contribution in [0.3, 0.4) is 0 Å². The van der Waals surface area contributed by atoms with E-state index < -0.39 is 220 Å². The Kier molecular flexibility index (Phi) is 36.2. The third-order valence-corrected chi connectivity index (χ3v) is 22.1. The summed E-state index contributed by atoms with van der Waals surface area (Å²) in [5, 5.41) is 83.7. The van der Waals surface area contributed by atoms with Gasteiger partial charge >= 0.3 is 52.3 Å². The van der Waals surface area contributed by atoms with Gasteiger partial charge < -0.3 is 99.7 Å². The van der Waals surface area contributed by atoms with Crippen LogP contribution in [0.25, 0.3) is 32.0 Å². The second-order valence-electron chi connectivity index (χ2n) is 29.9. The van der Waals surface area contributed by atoms with Crippen molar-refractivity contribution in [3.63, 3.8) is 0 Å². The Bertz CT molecular complexity index is 5780. The van der Waals surface area contributed by atoms with Crippen molar-refractivity contribution in [3.8, 4) is 0 Å². The normalized spacial score (nSPS) is 28.7. The molecule has 6 aliphatic heterocycles. The summed E-state index contributed by atoms with van der Waals surface area (Å²) in [4.78, 5) is 188. The second kappa shape index (κ2) is 45.9. The number of aromatic amines is 5. The summed E-state index contributed by atoms with van der Waals surface area (Å²) in [6.07, 6.45) is -5.19. The fraction of sp³-hybridized carbons (Fsp3) is 0.608. The first kappa shape index (κ1) is 102. The minimum atomic E-state index is -1.16. The van der Waals surface area contributed by atoms with E-state index >= 15 is 0 Å². The van der Waals surface area contributed by atoms with Gasteiger partial charge in [-0.3, -0.25) is 95.5 Å². The van der Waals surface area contributed by atoms with E-state index in [-0.39, 0.29) is 86.8 Å². The van der Waals surface area contributed by atoms with Gasteiger partial charge in [-0.25, -0.2) is 29.0 Å².